The van der Waals surface area contributed by atoms with Crippen molar-refractivity contribution < 1.29 is 4.79 Å². The Kier molecular flexibility index (Phi) is 5.96. The van der Waals surface area contributed by atoms with Crippen molar-refractivity contribution in [3.63, 3.8) is 0 Å². The highest BCUT2D eigenvalue weighted by molar-refractivity contribution is 5.94. The minimum absolute atomic E-state index is 0.0283. The van der Waals surface area contributed by atoms with Crippen LogP contribution in [0.15, 0.2) is 48.5 Å². The van der Waals surface area contributed by atoms with E-state index in [0.717, 1.165) is 57.2 Å². The molecule has 1 N–H and O–H groups in total. The van der Waals surface area contributed by atoms with Gasteiger partial charge in [0.2, 0.25) is 0 Å². The van der Waals surface area contributed by atoms with Crippen molar-refractivity contribution in [1.82, 2.24) is 10.2 Å². The van der Waals surface area contributed by atoms with Crippen LogP contribution in [-0.4, -0.2) is 43.5 Å². The summed E-state index contributed by atoms with van der Waals surface area (Å²) in [5.74, 6) is 0.805. The number of amides is 1. The Labute approximate surface area is 168 Å². The molecule has 1 amide bonds. The van der Waals surface area contributed by atoms with Gasteiger partial charge in [0, 0.05) is 44.0 Å². The number of carbonyl (C=O) groups excluding carboxylic acids is 1. The molecule has 4 heteroatoms. The molecule has 2 aliphatic heterocycles. The monoisotopic (exact) mass is 377 g/mol. The third-order valence-electron chi connectivity index (χ3n) is 6.08. The second-order valence-corrected chi connectivity index (χ2v) is 8.29. The van der Waals surface area contributed by atoms with Crippen LogP contribution in [0.4, 0.5) is 5.69 Å². The van der Waals surface area contributed by atoms with Crippen LogP contribution in [0.1, 0.15) is 41.3 Å². The molecule has 28 heavy (non-hydrogen) atoms. The van der Waals surface area contributed by atoms with Crippen LogP contribution in [0, 0.1) is 5.92 Å². The van der Waals surface area contributed by atoms with Gasteiger partial charge in [0.1, 0.15) is 0 Å². The third kappa shape index (κ3) is 4.56. The summed E-state index contributed by atoms with van der Waals surface area (Å²) in [6.07, 6.45) is 3.68. The molecule has 0 aromatic heterocycles. The molecule has 0 spiro atoms. The molecule has 0 radical (unpaired) electrons. The number of fused-ring (bicyclic) bond motifs is 1. The summed E-state index contributed by atoms with van der Waals surface area (Å²) in [6.45, 7) is 8.26. The number of likely N-dealkylation sites (tertiary alicyclic amines) is 1. The number of hydrogen-bond donors (Lipinski definition) is 1. The molecule has 1 saturated heterocycles. The van der Waals surface area contributed by atoms with Gasteiger partial charge in [-0.1, -0.05) is 31.2 Å². The topological polar surface area (TPSA) is 35.6 Å². The number of nitrogens with zero attached hydrogens (tertiary/aromatic N) is 2. The van der Waals surface area contributed by atoms with E-state index in [1.54, 1.807) is 0 Å². The van der Waals surface area contributed by atoms with Crippen molar-refractivity contribution in [1.29, 1.82) is 0 Å². The zero-order valence-electron chi connectivity index (χ0n) is 16.9. The standard InChI is InChI=1S/C24H31N3O/c1-19-5-4-14-26(17-19)16-13-25-24(28)21-8-10-23(11-9-21)27-15-12-20-6-2-3-7-22(20)18-27/h2-3,6-11,19H,4-5,12-18H2,1H3,(H,25,28). The molecule has 0 aliphatic carbocycles. The van der Waals surface area contributed by atoms with Crippen molar-refractivity contribution in [2.24, 2.45) is 5.92 Å². The van der Waals surface area contributed by atoms with Crippen LogP contribution in [0.2, 0.25) is 0 Å². The number of piperidine rings is 1. The molecule has 1 atom stereocenters. The van der Waals surface area contributed by atoms with Gasteiger partial charge in [0.15, 0.2) is 0 Å². The number of anilines is 1. The molecule has 0 bridgehead atoms. The maximum atomic E-state index is 12.5. The first kappa shape index (κ1) is 19.0. The molecular weight excluding hydrogens is 346 g/mol. The summed E-state index contributed by atoms with van der Waals surface area (Å²) in [5.41, 5.74) is 4.79. The van der Waals surface area contributed by atoms with Gasteiger partial charge in [-0.25, -0.2) is 0 Å². The predicted octanol–water partition coefficient (Wildman–Crippen LogP) is 3.71. The Balaban J connectivity index is 1.29. The van der Waals surface area contributed by atoms with Crippen molar-refractivity contribution in [2.45, 2.75) is 32.7 Å². The molecule has 2 aromatic carbocycles. The number of nitrogens with one attached hydrogen (secondary N) is 1. The molecule has 4 rings (SSSR count). The summed E-state index contributed by atoms with van der Waals surface area (Å²) >= 11 is 0. The average Bonchev–Trinajstić information content (AvgIpc) is 2.73. The van der Waals surface area contributed by atoms with Crippen LogP contribution in [0.5, 0.6) is 0 Å². The van der Waals surface area contributed by atoms with E-state index < -0.39 is 0 Å². The Morgan fingerprint density at radius 3 is 2.64 bits per heavy atom. The summed E-state index contributed by atoms with van der Waals surface area (Å²) in [7, 11) is 0. The van der Waals surface area contributed by atoms with E-state index in [1.165, 1.54) is 29.7 Å². The number of hydrogen-bond acceptors (Lipinski definition) is 3. The molecule has 4 nitrogen and oxygen atoms in total. The van der Waals surface area contributed by atoms with E-state index in [9.17, 15) is 4.79 Å². The highest BCUT2D eigenvalue weighted by Gasteiger charge is 2.17. The smallest absolute Gasteiger partial charge is 0.251 e. The summed E-state index contributed by atoms with van der Waals surface area (Å²) in [6, 6.07) is 16.7. The van der Waals surface area contributed by atoms with Gasteiger partial charge in [-0.15, -0.1) is 0 Å². The predicted molar refractivity (Wildman–Crippen MR) is 115 cm³/mol. The first-order valence-electron chi connectivity index (χ1n) is 10.6. The van der Waals surface area contributed by atoms with E-state index in [0.29, 0.717) is 0 Å². The number of rotatable bonds is 5. The van der Waals surface area contributed by atoms with E-state index in [2.05, 4.69) is 58.4 Å². The second kappa shape index (κ2) is 8.78. The SMILES string of the molecule is CC1CCCN(CCNC(=O)c2ccc(N3CCc4ccccc4C3)cc2)C1. The first-order chi connectivity index (χ1) is 13.7. The first-order valence-corrected chi connectivity index (χ1v) is 10.6. The third-order valence-corrected chi connectivity index (χ3v) is 6.08. The zero-order chi connectivity index (χ0) is 19.3. The van der Waals surface area contributed by atoms with Gasteiger partial charge in [0.05, 0.1) is 0 Å². The molecular formula is C24H31N3O. The van der Waals surface area contributed by atoms with Gasteiger partial charge in [0.25, 0.3) is 5.91 Å². The molecule has 0 saturated carbocycles. The summed E-state index contributed by atoms with van der Waals surface area (Å²) in [5, 5.41) is 3.08. The lowest BCUT2D eigenvalue weighted by atomic mass is 9.99. The zero-order valence-corrected chi connectivity index (χ0v) is 16.9. The van der Waals surface area contributed by atoms with Crippen molar-refractivity contribution in [3.05, 3.63) is 65.2 Å². The lowest BCUT2D eigenvalue weighted by Gasteiger charge is -2.31. The molecule has 1 fully saturated rings. The normalized spacial score (nSPS) is 19.9. The van der Waals surface area contributed by atoms with Gasteiger partial charge in [-0.3, -0.25) is 4.79 Å². The number of carbonyl (C=O) groups is 1. The molecule has 2 heterocycles. The molecule has 1 unspecified atom stereocenters. The Bertz CT molecular complexity index is 802. The summed E-state index contributed by atoms with van der Waals surface area (Å²) < 4.78 is 0. The van der Waals surface area contributed by atoms with Gasteiger partial charge >= 0.3 is 0 Å². The van der Waals surface area contributed by atoms with Crippen LogP contribution < -0.4 is 10.2 Å². The minimum atomic E-state index is 0.0283. The van der Waals surface area contributed by atoms with Crippen LogP contribution in [0.3, 0.4) is 0 Å². The lowest BCUT2D eigenvalue weighted by Crippen LogP contribution is -2.40. The van der Waals surface area contributed by atoms with E-state index in [1.807, 2.05) is 12.1 Å². The van der Waals surface area contributed by atoms with Gasteiger partial charge in [-0.05, 0) is 67.1 Å². The summed E-state index contributed by atoms with van der Waals surface area (Å²) in [4.78, 5) is 17.3. The van der Waals surface area contributed by atoms with Crippen LogP contribution in [-0.2, 0) is 13.0 Å². The molecule has 2 aromatic rings. The maximum absolute atomic E-state index is 12.5. The van der Waals surface area contributed by atoms with E-state index in [-0.39, 0.29) is 5.91 Å². The van der Waals surface area contributed by atoms with E-state index >= 15 is 0 Å². The molecule has 2 aliphatic rings. The van der Waals surface area contributed by atoms with Crippen LogP contribution in [0.25, 0.3) is 0 Å². The van der Waals surface area contributed by atoms with Crippen molar-refractivity contribution in [2.75, 3.05) is 37.6 Å². The lowest BCUT2D eigenvalue weighted by molar-refractivity contribution is 0.0944. The number of benzene rings is 2. The highest BCUT2D eigenvalue weighted by atomic mass is 16.1. The Hall–Kier alpha value is -2.33. The molecule has 148 valence electrons. The van der Waals surface area contributed by atoms with Crippen molar-refractivity contribution >= 4 is 11.6 Å². The quantitative estimate of drug-likeness (QED) is 0.863. The van der Waals surface area contributed by atoms with Crippen molar-refractivity contribution in [3.8, 4) is 0 Å². The fourth-order valence-corrected chi connectivity index (χ4v) is 4.46. The highest BCUT2D eigenvalue weighted by Crippen LogP contribution is 2.24. The Morgan fingerprint density at radius 1 is 1.07 bits per heavy atom. The van der Waals surface area contributed by atoms with Gasteiger partial charge < -0.3 is 15.1 Å². The fraction of sp³-hybridized carbons (Fsp3) is 0.458. The fourth-order valence-electron chi connectivity index (χ4n) is 4.46. The van der Waals surface area contributed by atoms with E-state index in [4.69, 9.17) is 0 Å². The van der Waals surface area contributed by atoms with Gasteiger partial charge in [-0.2, -0.15) is 0 Å². The largest absolute Gasteiger partial charge is 0.367 e. The Morgan fingerprint density at radius 2 is 1.86 bits per heavy atom. The average molecular weight is 378 g/mol. The van der Waals surface area contributed by atoms with Crippen LogP contribution >= 0.6 is 0 Å². The maximum Gasteiger partial charge on any atom is 0.251 e. The second-order valence-electron chi connectivity index (χ2n) is 8.29. The minimum Gasteiger partial charge on any atom is -0.367 e.